The summed E-state index contributed by atoms with van der Waals surface area (Å²) in [6, 6.07) is 8.77. The van der Waals surface area contributed by atoms with Gasteiger partial charge in [-0.25, -0.2) is 0 Å². The van der Waals surface area contributed by atoms with Crippen molar-refractivity contribution < 1.29 is 14.7 Å². The van der Waals surface area contributed by atoms with E-state index in [1.165, 1.54) is 0 Å². The normalized spacial score (nSPS) is 21.6. The standard InChI is InChI=1S/C13H15NO3/c15-11-8-4-7-10(14-11)12(13(16)17)9-5-2-1-3-6-9/h1-3,5-6,10,12H,4,7-8H2,(H,14,15)(H,16,17)/t10-,12-/m1/s1. The number of nitrogens with one attached hydrogen (secondary N) is 1. The third-order valence-electron chi connectivity index (χ3n) is 3.09. The quantitative estimate of drug-likeness (QED) is 0.831. The molecule has 1 heterocycles. The van der Waals surface area contributed by atoms with Crippen molar-refractivity contribution in [2.24, 2.45) is 0 Å². The van der Waals surface area contributed by atoms with Crippen molar-refractivity contribution in [1.29, 1.82) is 0 Å². The van der Waals surface area contributed by atoms with Gasteiger partial charge >= 0.3 is 5.97 Å². The maximum atomic E-state index is 11.4. The van der Waals surface area contributed by atoms with Crippen molar-refractivity contribution >= 4 is 11.9 Å². The number of piperidine rings is 1. The molecule has 1 saturated heterocycles. The van der Waals surface area contributed by atoms with E-state index in [1.54, 1.807) is 12.1 Å². The van der Waals surface area contributed by atoms with E-state index in [4.69, 9.17) is 0 Å². The van der Waals surface area contributed by atoms with Crippen LogP contribution in [0.15, 0.2) is 30.3 Å². The fraction of sp³-hybridized carbons (Fsp3) is 0.385. The number of carbonyl (C=O) groups is 2. The highest BCUT2D eigenvalue weighted by molar-refractivity contribution is 5.81. The minimum absolute atomic E-state index is 0.0524. The maximum Gasteiger partial charge on any atom is 0.313 e. The molecule has 1 aromatic carbocycles. The van der Waals surface area contributed by atoms with Crippen LogP contribution in [-0.2, 0) is 9.59 Å². The molecule has 1 fully saturated rings. The van der Waals surface area contributed by atoms with E-state index < -0.39 is 11.9 Å². The molecule has 4 nitrogen and oxygen atoms in total. The lowest BCUT2D eigenvalue weighted by Gasteiger charge is -2.28. The number of carboxylic acid groups (broad SMARTS) is 1. The van der Waals surface area contributed by atoms with Crippen LogP contribution in [0, 0.1) is 0 Å². The van der Waals surface area contributed by atoms with Gasteiger partial charge in [-0.05, 0) is 18.4 Å². The lowest BCUT2D eigenvalue weighted by molar-refractivity contribution is -0.140. The number of hydrogen-bond donors (Lipinski definition) is 2. The zero-order valence-corrected chi connectivity index (χ0v) is 9.43. The summed E-state index contributed by atoms with van der Waals surface area (Å²) in [5, 5.41) is 12.1. The fourth-order valence-electron chi connectivity index (χ4n) is 2.29. The Kier molecular flexibility index (Phi) is 3.42. The zero-order chi connectivity index (χ0) is 12.3. The Bertz CT molecular complexity index is 416. The smallest absolute Gasteiger partial charge is 0.313 e. The lowest BCUT2D eigenvalue weighted by atomic mass is 9.86. The van der Waals surface area contributed by atoms with Crippen LogP contribution >= 0.6 is 0 Å². The van der Waals surface area contributed by atoms with Crippen LogP contribution in [0.3, 0.4) is 0 Å². The molecule has 2 N–H and O–H groups in total. The van der Waals surface area contributed by atoms with E-state index >= 15 is 0 Å². The van der Waals surface area contributed by atoms with Gasteiger partial charge in [-0.15, -0.1) is 0 Å². The molecule has 0 aliphatic carbocycles. The monoisotopic (exact) mass is 233 g/mol. The number of aliphatic carboxylic acids is 1. The Morgan fingerprint density at radius 3 is 2.65 bits per heavy atom. The van der Waals surface area contributed by atoms with Crippen LogP contribution in [0.1, 0.15) is 30.7 Å². The molecule has 0 saturated carbocycles. The summed E-state index contributed by atoms with van der Waals surface area (Å²) in [7, 11) is 0. The van der Waals surface area contributed by atoms with Crippen LogP contribution in [0.5, 0.6) is 0 Å². The summed E-state index contributed by atoms with van der Waals surface area (Å²) in [6.45, 7) is 0. The SMILES string of the molecule is O=C1CCC[C@H]([C@H](C(=O)O)c2ccccc2)N1. The Hall–Kier alpha value is -1.84. The second kappa shape index (κ2) is 4.99. The van der Waals surface area contributed by atoms with Gasteiger partial charge in [-0.1, -0.05) is 30.3 Å². The second-order valence-corrected chi connectivity index (χ2v) is 4.29. The number of hydrogen-bond acceptors (Lipinski definition) is 2. The molecule has 4 heteroatoms. The minimum Gasteiger partial charge on any atom is -0.481 e. The van der Waals surface area contributed by atoms with Crippen LogP contribution in [0.4, 0.5) is 0 Å². The molecule has 0 aromatic heterocycles. The highest BCUT2D eigenvalue weighted by Gasteiger charge is 2.32. The predicted molar refractivity (Wildman–Crippen MR) is 62.6 cm³/mol. The molecular formula is C13H15NO3. The fourth-order valence-corrected chi connectivity index (χ4v) is 2.29. The van der Waals surface area contributed by atoms with Crippen molar-refractivity contribution in [3.63, 3.8) is 0 Å². The van der Waals surface area contributed by atoms with Crippen LogP contribution in [-0.4, -0.2) is 23.0 Å². The van der Waals surface area contributed by atoms with Gasteiger partial charge < -0.3 is 10.4 Å². The zero-order valence-electron chi connectivity index (χ0n) is 9.43. The number of amides is 1. The van der Waals surface area contributed by atoms with Gasteiger partial charge in [-0.3, -0.25) is 9.59 Å². The van der Waals surface area contributed by atoms with Gasteiger partial charge in [0.05, 0.1) is 0 Å². The number of benzene rings is 1. The minimum atomic E-state index is -0.886. The molecule has 1 aliphatic heterocycles. The highest BCUT2D eigenvalue weighted by Crippen LogP contribution is 2.25. The van der Waals surface area contributed by atoms with Crippen LogP contribution in [0.2, 0.25) is 0 Å². The summed E-state index contributed by atoms with van der Waals surface area (Å²) < 4.78 is 0. The third kappa shape index (κ3) is 2.64. The van der Waals surface area contributed by atoms with E-state index in [2.05, 4.69) is 5.32 Å². The topological polar surface area (TPSA) is 66.4 Å². The Morgan fingerprint density at radius 2 is 2.06 bits per heavy atom. The van der Waals surface area contributed by atoms with Crippen molar-refractivity contribution in [3.8, 4) is 0 Å². The maximum absolute atomic E-state index is 11.4. The molecular weight excluding hydrogens is 218 g/mol. The first-order valence-electron chi connectivity index (χ1n) is 5.75. The first-order chi connectivity index (χ1) is 8.18. The number of carbonyl (C=O) groups excluding carboxylic acids is 1. The van der Waals surface area contributed by atoms with Crippen LogP contribution < -0.4 is 5.32 Å². The van der Waals surface area contributed by atoms with Crippen molar-refractivity contribution in [2.45, 2.75) is 31.2 Å². The Labute approximate surface area is 99.6 Å². The Morgan fingerprint density at radius 1 is 1.35 bits per heavy atom. The first-order valence-corrected chi connectivity index (χ1v) is 5.75. The molecule has 0 radical (unpaired) electrons. The molecule has 0 bridgehead atoms. The van der Waals surface area contributed by atoms with E-state index in [0.29, 0.717) is 6.42 Å². The van der Waals surface area contributed by atoms with Crippen molar-refractivity contribution in [2.75, 3.05) is 0 Å². The van der Waals surface area contributed by atoms with E-state index in [-0.39, 0.29) is 11.9 Å². The highest BCUT2D eigenvalue weighted by atomic mass is 16.4. The molecule has 0 spiro atoms. The molecule has 90 valence electrons. The average molecular weight is 233 g/mol. The number of rotatable bonds is 3. The largest absolute Gasteiger partial charge is 0.481 e. The number of carboxylic acids is 1. The van der Waals surface area contributed by atoms with E-state index in [1.807, 2.05) is 18.2 Å². The van der Waals surface area contributed by atoms with Crippen LogP contribution in [0.25, 0.3) is 0 Å². The lowest BCUT2D eigenvalue weighted by Crippen LogP contribution is -2.44. The van der Waals surface area contributed by atoms with E-state index in [9.17, 15) is 14.7 Å². The molecule has 1 aromatic rings. The summed E-state index contributed by atoms with van der Waals surface area (Å²) in [6.07, 6.45) is 1.97. The predicted octanol–water partition coefficient (Wildman–Crippen LogP) is 1.52. The van der Waals surface area contributed by atoms with E-state index in [0.717, 1.165) is 18.4 Å². The average Bonchev–Trinajstić information content (AvgIpc) is 2.30. The van der Waals surface area contributed by atoms with Crippen molar-refractivity contribution in [3.05, 3.63) is 35.9 Å². The summed E-state index contributed by atoms with van der Waals surface area (Å²) >= 11 is 0. The van der Waals surface area contributed by atoms with Gasteiger partial charge in [0.25, 0.3) is 0 Å². The second-order valence-electron chi connectivity index (χ2n) is 4.29. The Balaban J connectivity index is 2.23. The molecule has 0 unspecified atom stereocenters. The summed E-state index contributed by atoms with van der Waals surface area (Å²) in [5.41, 5.74) is 0.743. The molecule has 1 amide bonds. The van der Waals surface area contributed by atoms with Gasteiger partial charge in [0.1, 0.15) is 5.92 Å². The van der Waals surface area contributed by atoms with Crippen molar-refractivity contribution in [1.82, 2.24) is 5.32 Å². The van der Waals surface area contributed by atoms with Gasteiger partial charge in [0, 0.05) is 12.5 Å². The van der Waals surface area contributed by atoms with Gasteiger partial charge in [0.2, 0.25) is 5.91 Å². The molecule has 2 rings (SSSR count). The molecule has 17 heavy (non-hydrogen) atoms. The summed E-state index contributed by atoms with van der Waals surface area (Å²) in [5.74, 6) is -1.59. The van der Waals surface area contributed by atoms with Gasteiger partial charge in [0.15, 0.2) is 0 Å². The summed E-state index contributed by atoms with van der Waals surface area (Å²) in [4.78, 5) is 22.7. The molecule has 2 atom stereocenters. The first kappa shape index (κ1) is 11.6. The molecule has 1 aliphatic rings. The van der Waals surface area contributed by atoms with Gasteiger partial charge in [-0.2, -0.15) is 0 Å². The third-order valence-corrected chi connectivity index (χ3v) is 3.09.